The van der Waals surface area contributed by atoms with Crippen molar-refractivity contribution in [3.63, 3.8) is 0 Å². The molecule has 2 amide bonds. The quantitative estimate of drug-likeness (QED) is 0.873. The van der Waals surface area contributed by atoms with Crippen molar-refractivity contribution in [3.05, 3.63) is 29.6 Å². The summed E-state index contributed by atoms with van der Waals surface area (Å²) < 4.78 is 12.1. The summed E-state index contributed by atoms with van der Waals surface area (Å²) in [5.74, 6) is 0.650. The Balaban J connectivity index is 1.87. The van der Waals surface area contributed by atoms with Crippen LogP contribution >= 0.6 is 0 Å². The molecule has 22 heavy (non-hydrogen) atoms. The van der Waals surface area contributed by atoms with Crippen LogP contribution in [0.5, 0.6) is 0 Å². The van der Waals surface area contributed by atoms with Gasteiger partial charge in [-0.2, -0.15) is 0 Å². The second-order valence-electron chi connectivity index (χ2n) is 5.69. The molecular formula is C16H25N3O2S. The van der Waals surface area contributed by atoms with Crippen LogP contribution in [0.15, 0.2) is 18.3 Å². The predicted molar refractivity (Wildman–Crippen MR) is 89.1 cm³/mol. The molecule has 1 aromatic rings. The van der Waals surface area contributed by atoms with Gasteiger partial charge in [-0.3, -0.25) is 9.19 Å². The molecule has 2 rings (SSSR count). The standard InChI is InChI=1S/C16H25N3O2S/c1-3-22(21)15-9-5-4-8-13(15)19-16(20)18-11-14-12(2)7-6-10-17-14/h6-7,10,13,15H,3-5,8-9,11H2,1-2H3,(H2,18,19,20)/t13-,15-,22+/m0/s1. The van der Waals surface area contributed by atoms with E-state index in [-0.39, 0.29) is 17.3 Å². The van der Waals surface area contributed by atoms with Crippen LogP contribution in [-0.4, -0.2) is 32.3 Å². The van der Waals surface area contributed by atoms with Crippen molar-refractivity contribution in [1.82, 2.24) is 15.6 Å². The van der Waals surface area contributed by atoms with Gasteiger partial charge in [-0.05, 0) is 31.4 Å². The van der Waals surface area contributed by atoms with E-state index in [2.05, 4.69) is 15.6 Å². The molecule has 1 aromatic heterocycles. The Morgan fingerprint density at radius 3 is 2.91 bits per heavy atom. The van der Waals surface area contributed by atoms with E-state index in [0.29, 0.717) is 12.3 Å². The van der Waals surface area contributed by atoms with Gasteiger partial charge in [0.25, 0.3) is 0 Å². The van der Waals surface area contributed by atoms with Gasteiger partial charge in [0.15, 0.2) is 0 Å². The van der Waals surface area contributed by atoms with E-state index in [4.69, 9.17) is 0 Å². The van der Waals surface area contributed by atoms with Crippen molar-refractivity contribution in [2.75, 3.05) is 5.75 Å². The topological polar surface area (TPSA) is 71.1 Å². The summed E-state index contributed by atoms with van der Waals surface area (Å²) in [6, 6.07) is 3.67. The number of rotatable bonds is 5. The SMILES string of the molecule is CC[S@@](=O)[C@H]1CCCC[C@@H]1NC(=O)NCc1ncccc1C. The molecule has 0 aromatic carbocycles. The van der Waals surface area contributed by atoms with Crippen molar-refractivity contribution in [2.24, 2.45) is 0 Å². The summed E-state index contributed by atoms with van der Waals surface area (Å²) in [5, 5.41) is 5.94. The number of aromatic nitrogens is 1. The van der Waals surface area contributed by atoms with Crippen molar-refractivity contribution in [2.45, 2.75) is 57.4 Å². The Morgan fingerprint density at radius 1 is 1.41 bits per heavy atom. The Kier molecular flexibility index (Phi) is 6.36. The maximum absolute atomic E-state index is 12.1. The maximum atomic E-state index is 12.1. The summed E-state index contributed by atoms with van der Waals surface area (Å²) in [4.78, 5) is 16.4. The van der Waals surface area contributed by atoms with E-state index >= 15 is 0 Å². The van der Waals surface area contributed by atoms with E-state index in [9.17, 15) is 9.00 Å². The molecule has 1 saturated carbocycles. The minimum Gasteiger partial charge on any atom is -0.334 e. The molecule has 1 heterocycles. The number of carbonyl (C=O) groups excluding carboxylic acids is 1. The zero-order valence-electron chi connectivity index (χ0n) is 13.3. The fraction of sp³-hybridized carbons (Fsp3) is 0.625. The van der Waals surface area contributed by atoms with Gasteiger partial charge in [0.05, 0.1) is 17.5 Å². The Hall–Kier alpha value is -1.43. The average Bonchev–Trinajstić information content (AvgIpc) is 2.54. The molecule has 0 aliphatic heterocycles. The highest BCUT2D eigenvalue weighted by atomic mass is 32.2. The molecule has 1 aliphatic carbocycles. The lowest BCUT2D eigenvalue weighted by Gasteiger charge is -2.31. The summed E-state index contributed by atoms with van der Waals surface area (Å²) in [7, 11) is -0.858. The van der Waals surface area contributed by atoms with Crippen molar-refractivity contribution < 1.29 is 9.00 Å². The van der Waals surface area contributed by atoms with Crippen LogP contribution in [0.3, 0.4) is 0 Å². The summed E-state index contributed by atoms with van der Waals surface area (Å²) in [5.41, 5.74) is 1.93. The summed E-state index contributed by atoms with van der Waals surface area (Å²) in [6.07, 6.45) is 5.76. The van der Waals surface area contributed by atoms with Gasteiger partial charge in [0.1, 0.15) is 0 Å². The van der Waals surface area contributed by atoms with Crippen molar-refractivity contribution in [3.8, 4) is 0 Å². The molecule has 2 N–H and O–H groups in total. The molecule has 0 saturated heterocycles. The Labute approximate surface area is 134 Å². The first kappa shape index (κ1) is 16.9. The van der Waals surface area contributed by atoms with Crippen LogP contribution in [0.1, 0.15) is 43.9 Å². The van der Waals surface area contributed by atoms with Gasteiger partial charge in [0, 0.05) is 28.8 Å². The molecule has 0 radical (unpaired) electrons. The number of nitrogens with one attached hydrogen (secondary N) is 2. The fourth-order valence-electron chi connectivity index (χ4n) is 2.88. The summed E-state index contributed by atoms with van der Waals surface area (Å²) >= 11 is 0. The van der Waals surface area contributed by atoms with Crippen molar-refractivity contribution >= 4 is 16.8 Å². The van der Waals surface area contributed by atoms with Gasteiger partial charge >= 0.3 is 6.03 Å². The highest BCUT2D eigenvalue weighted by Crippen LogP contribution is 2.23. The van der Waals surface area contributed by atoms with E-state index in [0.717, 1.165) is 36.9 Å². The average molecular weight is 323 g/mol. The first-order valence-corrected chi connectivity index (χ1v) is 9.32. The molecule has 0 unspecified atom stereocenters. The molecular weight excluding hydrogens is 298 g/mol. The number of hydrogen-bond donors (Lipinski definition) is 2. The normalized spacial score (nSPS) is 22.8. The number of urea groups is 1. The fourth-order valence-corrected chi connectivity index (χ4v) is 4.31. The minimum atomic E-state index is -0.858. The number of amides is 2. The zero-order valence-corrected chi connectivity index (χ0v) is 14.1. The first-order valence-electron chi connectivity index (χ1n) is 7.94. The highest BCUT2D eigenvalue weighted by molar-refractivity contribution is 7.85. The van der Waals surface area contributed by atoms with Crippen molar-refractivity contribution in [1.29, 1.82) is 0 Å². The molecule has 3 atom stereocenters. The lowest BCUT2D eigenvalue weighted by Crippen LogP contribution is -2.50. The molecule has 0 bridgehead atoms. The third-order valence-electron chi connectivity index (χ3n) is 4.18. The molecule has 1 fully saturated rings. The van der Waals surface area contributed by atoms with E-state index in [1.807, 2.05) is 26.0 Å². The highest BCUT2D eigenvalue weighted by Gasteiger charge is 2.30. The number of carbonyl (C=O) groups is 1. The Morgan fingerprint density at radius 2 is 2.18 bits per heavy atom. The summed E-state index contributed by atoms with van der Waals surface area (Å²) in [6.45, 7) is 4.32. The van der Waals surface area contributed by atoms with Crippen LogP contribution in [0, 0.1) is 6.92 Å². The van der Waals surface area contributed by atoms with Gasteiger partial charge in [-0.25, -0.2) is 4.79 Å². The van der Waals surface area contributed by atoms with E-state index < -0.39 is 10.8 Å². The van der Waals surface area contributed by atoms with Crippen LogP contribution < -0.4 is 10.6 Å². The molecule has 122 valence electrons. The molecule has 5 nitrogen and oxygen atoms in total. The van der Waals surface area contributed by atoms with Crippen LogP contribution in [-0.2, 0) is 17.3 Å². The smallest absolute Gasteiger partial charge is 0.315 e. The van der Waals surface area contributed by atoms with Gasteiger partial charge in [0.2, 0.25) is 0 Å². The van der Waals surface area contributed by atoms with Crippen LogP contribution in [0.2, 0.25) is 0 Å². The van der Waals surface area contributed by atoms with Crippen LogP contribution in [0.4, 0.5) is 4.79 Å². The van der Waals surface area contributed by atoms with Gasteiger partial charge < -0.3 is 10.6 Å². The zero-order chi connectivity index (χ0) is 15.9. The molecule has 0 spiro atoms. The first-order chi connectivity index (χ1) is 10.6. The lowest BCUT2D eigenvalue weighted by atomic mass is 9.95. The third-order valence-corrected chi connectivity index (χ3v) is 5.98. The second kappa shape index (κ2) is 8.27. The number of hydrogen-bond acceptors (Lipinski definition) is 3. The molecule has 1 aliphatic rings. The number of pyridine rings is 1. The van der Waals surface area contributed by atoms with Gasteiger partial charge in [-0.15, -0.1) is 0 Å². The Bertz CT molecular complexity index is 536. The maximum Gasteiger partial charge on any atom is 0.315 e. The predicted octanol–water partition coefficient (Wildman–Crippen LogP) is 2.27. The van der Waals surface area contributed by atoms with Crippen LogP contribution in [0.25, 0.3) is 0 Å². The monoisotopic (exact) mass is 323 g/mol. The minimum absolute atomic E-state index is 0.0133. The number of nitrogens with zero attached hydrogens (tertiary/aromatic N) is 1. The second-order valence-corrected chi connectivity index (χ2v) is 7.64. The van der Waals surface area contributed by atoms with Gasteiger partial charge in [-0.1, -0.05) is 25.8 Å². The largest absolute Gasteiger partial charge is 0.334 e. The number of aryl methyl sites for hydroxylation is 1. The third kappa shape index (κ3) is 4.53. The van der Waals surface area contributed by atoms with E-state index in [1.54, 1.807) is 6.20 Å². The lowest BCUT2D eigenvalue weighted by molar-refractivity contribution is 0.232. The van der Waals surface area contributed by atoms with E-state index in [1.165, 1.54) is 0 Å². The molecule has 6 heteroatoms.